The van der Waals surface area contributed by atoms with Crippen LogP contribution in [0.1, 0.15) is 27.2 Å². The monoisotopic (exact) mass is 303 g/mol. The van der Waals surface area contributed by atoms with Gasteiger partial charge in [0.2, 0.25) is 0 Å². The maximum absolute atomic E-state index is 11.4. The lowest BCUT2D eigenvalue weighted by Crippen LogP contribution is -2.00. The fourth-order valence-corrected chi connectivity index (χ4v) is 2.26. The van der Waals surface area contributed by atoms with Gasteiger partial charge in [-0.2, -0.15) is 10.4 Å². The number of hydrogen-bond acceptors (Lipinski definition) is 4. The van der Waals surface area contributed by atoms with Crippen molar-refractivity contribution >= 4 is 29.0 Å². The van der Waals surface area contributed by atoms with Gasteiger partial charge < -0.3 is 4.74 Å². The highest BCUT2D eigenvalue weighted by atomic mass is 16.5. The summed E-state index contributed by atoms with van der Waals surface area (Å²) in [4.78, 5) is 11.4. The second-order valence-corrected chi connectivity index (χ2v) is 4.93. The van der Waals surface area contributed by atoms with E-state index in [4.69, 9.17) is 5.26 Å². The van der Waals surface area contributed by atoms with Gasteiger partial charge >= 0.3 is 5.97 Å². The van der Waals surface area contributed by atoms with Crippen molar-refractivity contribution in [3.63, 3.8) is 0 Å². The predicted molar refractivity (Wildman–Crippen MR) is 87.5 cm³/mol. The predicted octanol–water partition coefficient (Wildman–Crippen LogP) is 3.39. The molecule has 3 aromatic rings. The van der Waals surface area contributed by atoms with Crippen LogP contribution >= 0.6 is 0 Å². The van der Waals surface area contributed by atoms with E-state index >= 15 is 0 Å². The van der Waals surface area contributed by atoms with Crippen molar-refractivity contribution in [3.8, 4) is 6.07 Å². The average Bonchev–Trinajstić information content (AvgIpc) is 3.01. The summed E-state index contributed by atoms with van der Waals surface area (Å²) in [5, 5.41) is 17.0. The van der Waals surface area contributed by atoms with E-state index in [0.717, 1.165) is 22.2 Å². The standard InChI is InChI=1S/C18H13N3O2/c1-23-18(22)14-6-2-12(3-7-14)5-9-16-15-8-4-13(11-19)10-17(15)21-20-16/h2-10H,1H3,(H,20,21)/b9-5+. The van der Waals surface area contributed by atoms with Crippen LogP contribution in [-0.2, 0) is 4.74 Å². The van der Waals surface area contributed by atoms with Crippen molar-refractivity contribution in [1.82, 2.24) is 10.2 Å². The molecule has 0 atom stereocenters. The lowest BCUT2D eigenvalue weighted by atomic mass is 10.1. The molecule has 1 aromatic heterocycles. The van der Waals surface area contributed by atoms with Crippen LogP contribution < -0.4 is 0 Å². The van der Waals surface area contributed by atoms with Crippen molar-refractivity contribution in [2.24, 2.45) is 0 Å². The van der Waals surface area contributed by atoms with Gasteiger partial charge in [0.05, 0.1) is 35.5 Å². The van der Waals surface area contributed by atoms with Crippen molar-refractivity contribution in [2.75, 3.05) is 7.11 Å². The normalized spacial score (nSPS) is 10.8. The van der Waals surface area contributed by atoms with Crippen molar-refractivity contribution < 1.29 is 9.53 Å². The van der Waals surface area contributed by atoms with Crippen LogP contribution in [0.4, 0.5) is 0 Å². The van der Waals surface area contributed by atoms with Crippen LogP contribution in [0.2, 0.25) is 0 Å². The number of rotatable bonds is 3. The molecule has 0 amide bonds. The number of esters is 1. The molecule has 0 spiro atoms. The zero-order chi connectivity index (χ0) is 16.2. The highest BCUT2D eigenvalue weighted by Crippen LogP contribution is 2.19. The third-order valence-corrected chi connectivity index (χ3v) is 3.49. The number of nitrogens with zero attached hydrogens (tertiary/aromatic N) is 2. The number of benzene rings is 2. The summed E-state index contributed by atoms with van der Waals surface area (Å²) < 4.78 is 4.67. The highest BCUT2D eigenvalue weighted by molar-refractivity contribution is 5.91. The molecule has 0 aliphatic rings. The molecule has 112 valence electrons. The van der Waals surface area contributed by atoms with E-state index in [0.29, 0.717) is 11.1 Å². The van der Waals surface area contributed by atoms with Gasteiger partial charge in [-0.1, -0.05) is 18.2 Å². The molecule has 0 unspecified atom stereocenters. The Kier molecular flexibility index (Phi) is 3.89. The average molecular weight is 303 g/mol. The Hall–Kier alpha value is -3.39. The topological polar surface area (TPSA) is 78.8 Å². The summed E-state index contributed by atoms with van der Waals surface area (Å²) in [7, 11) is 1.36. The van der Waals surface area contributed by atoms with Crippen LogP contribution in [0.5, 0.6) is 0 Å². The first-order valence-electron chi connectivity index (χ1n) is 6.96. The Morgan fingerprint density at radius 3 is 2.70 bits per heavy atom. The molecule has 0 bridgehead atoms. The number of methoxy groups -OCH3 is 1. The first-order chi connectivity index (χ1) is 11.2. The molecule has 0 fully saturated rings. The van der Waals surface area contributed by atoms with E-state index < -0.39 is 0 Å². The molecule has 1 heterocycles. The second-order valence-electron chi connectivity index (χ2n) is 4.93. The van der Waals surface area contributed by atoms with Gasteiger partial charge in [-0.3, -0.25) is 5.10 Å². The Labute approximate surface area is 132 Å². The number of carbonyl (C=O) groups excluding carboxylic acids is 1. The van der Waals surface area contributed by atoms with Crippen molar-refractivity contribution in [2.45, 2.75) is 0 Å². The number of hydrogen-bond donors (Lipinski definition) is 1. The molecule has 0 radical (unpaired) electrons. The molecule has 2 aromatic carbocycles. The Morgan fingerprint density at radius 2 is 2.00 bits per heavy atom. The van der Waals surface area contributed by atoms with Crippen molar-refractivity contribution in [3.05, 3.63) is 64.8 Å². The Bertz CT molecular complexity index is 931. The molecule has 5 nitrogen and oxygen atoms in total. The van der Waals surface area contributed by atoms with Crippen LogP contribution in [-0.4, -0.2) is 23.3 Å². The van der Waals surface area contributed by atoms with Gasteiger partial charge in [-0.15, -0.1) is 0 Å². The maximum atomic E-state index is 11.4. The minimum atomic E-state index is -0.355. The third kappa shape index (κ3) is 2.97. The van der Waals surface area contributed by atoms with Gasteiger partial charge in [0, 0.05) is 5.39 Å². The Morgan fingerprint density at radius 1 is 1.22 bits per heavy atom. The number of carbonyl (C=O) groups is 1. The summed E-state index contributed by atoms with van der Waals surface area (Å²) in [6.45, 7) is 0. The summed E-state index contributed by atoms with van der Waals surface area (Å²) in [6.07, 6.45) is 3.80. The quantitative estimate of drug-likeness (QED) is 0.752. The van der Waals surface area contributed by atoms with Crippen LogP contribution in [0.25, 0.3) is 23.1 Å². The molecule has 0 aliphatic heterocycles. The number of ether oxygens (including phenoxy) is 1. The fraction of sp³-hybridized carbons (Fsp3) is 0.0556. The van der Waals surface area contributed by atoms with E-state index in [1.54, 1.807) is 24.3 Å². The van der Waals surface area contributed by atoms with Crippen LogP contribution in [0.3, 0.4) is 0 Å². The number of nitrogens with one attached hydrogen (secondary N) is 1. The fourth-order valence-electron chi connectivity index (χ4n) is 2.26. The second kappa shape index (κ2) is 6.16. The van der Waals surface area contributed by atoms with Gasteiger partial charge in [-0.25, -0.2) is 4.79 Å². The van der Waals surface area contributed by atoms with Gasteiger partial charge in [0.15, 0.2) is 0 Å². The molecule has 1 N–H and O–H groups in total. The summed E-state index contributed by atoms with van der Waals surface area (Å²) in [5.41, 5.74) is 3.67. The van der Waals surface area contributed by atoms with E-state index in [9.17, 15) is 4.79 Å². The van der Waals surface area contributed by atoms with Gasteiger partial charge in [0.1, 0.15) is 0 Å². The number of nitriles is 1. The summed E-state index contributed by atoms with van der Waals surface area (Å²) in [6, 6.07) is 14.6. The van der Waals surface area contributed by atoms with Crippen LogP contribution in [0, 0.1) is 11.3 Å². The Balaban J connectivity index is 1.85. The lowest BCUT2D eigenvalue weighted by molar-refractivity contribution is 0.0600. The largest absolute Gasteiger partial charge is 0.465 e. The summed E-state index contributed by atoms with van der Waals surface area (Å²) >= 11 is 0. The minimum absolute atomic E-state index is 0.355. The molecule has 3 rings (SSSR count). The highest BCUT2D eigenvalue weighted by Gasteiger charge is 2.05. The zero-order valence-corrected chi connectivity index (χ0v) is 12.4. The maximum Gasteiger partial charge on any atom is 0.337 e. The van der Waals surface area contributed by atoms with E-state index in [2.05, 4.69) is 21.0 Å². The zero-order valence-electron chi connectivity index (χ0n) is 12.4. The van der Waals surface area contributed by atoms with Crippen molar-refractivity contribution in [1.29, 1.82) is 5.26 Å². The molecule has 5 heteroatoms. The molecule has 23 heavy (non-hydrogen) atoms. The molecule has 0 saturated carbocycles. The number of H-pyrrole nitrogens is 1. The van der Waals surface area contributed by atoms with E-state index in [1.807, 2.05) is 30.4 Å². The number of aromatic nitrogens is 2. The SMILES string of the molecule is COC(=O)c1ccc(/C=C/c2n[nH]c3cc(C#N)ccc23)cc1. The minimum Gasteiger partial charge on any atom is -0.465 e. The first kappa shape index (κ1) is 14.5. The first-order valence-corrected chi connectivity index (χ1v) is 6.96. The summed E-state index contributed by atoms with van der Waals surface area (Å²) in [5.74, 6) is -0.355. The van der Waals surface area contributed by atoms with Gasteiger partial charge in [0.25, 0.3) is 0 Å². The molecular formula is C18H13N3O2. The third-order valence-electron chi connectivity index (χ3n) is 3.49. The molecule has 0 saturated heterocycles. The van der Waals surface area contributed by atoms with E-state index in [-0.39, 0.29) is 5.97 Å². The number of fused-ring (bicyclic) bond motifs is 1. The van der Waals surface area contributed by atoms with Crippen LogP contribution in [0.15, 0.2) is 42.5 Å². The lowest BCUT2D eigenvalue weighted by Gasteiger charge is -1.99. The number of aromatic amines is 1. The molecule has 0 aliphatic carbocycles. The van der Waals surface area contributed by atoms with Gasteiger partial charge in [-0.05, 0) is 42.0 Å². The smallest absolute Gasteiger partial charge is 0.337 e. The molecular weight excluding hydrogens is 290 g/mol. The van der Waals surface area contributed by atoms with E-state index in [1.165, 1.54) is 7.11 Å².